The Labute approximate surface area is 153 Å². The van der Waals surface area contributed by atoms with Crippen molar-refractivity contribution >= 4 is 16.9 Å². The number of fused-ring (bicyclic) bond motifs is 1. The third kappa shape index (κ3) is 3.43. The van der Waals surface area contributed by atoms with Gasteiger partial charge in [-0.05, 0) is 31.0 Å². The van der Waals surface area contributed by atoms with Crippen molar-refractivity contribution < 1.29 is 9.53 Å². The molecule has 1 aliphatic rings. The maximum atomic E-state index is 12.9. The predicted octanol–water partition coefficient (Wildman–Crippen LogP) is 3.63. The average molecular weight is 349 g/mol. The Hall–Kier alpha value is -2.82. The molecule has 2 aromatic carbocycles. The van der Waals surface area contributed by atoms with Gasteiger partial charge in [-0.3, -0.25) is 4.79 Å². The molecule has 26 heavy (non-hydrogen) atoms. The molecule has 0 unspecified atom stereocenters. The van der Waals surface area contributed by atoms with Crippen LogP contribution in [-0.4, -0.2) is 33.5 Å². The Morgan fingerprint density at radius 2 is 1.96 bits per heavy atom. The van der Waals surface area contributed by atoms with Crippen LogP contribution in [0, 0.1) is 0 Å². The quantitative estimate of drug-likeness (QED) is 0.654. The largest absolute Gasteiger partial charge is 0.496 e. The third-order valence-electron chi connectivity index (χ3n) is 4.94. The second-order valence-corrected chi connectivity index (χ2v) is 6.74. The Morgan fingerprint density at radius 3 is 2.77 bits per heavy atom. The molecule has 1 aromatic heterocycles. The number of methoxy groups -OCH3 is 1. The number of aryl methyl sites for hydroxylation is 1. The molecule has 1 saturated carbocycles. The molecule has 1 heterocycles. The van der Waals surface area contributed by atoms with Gasteiger partial charge in [-0.2, -0.15) is 0 Å². The van der Waals surface area contributed by atoms with Crippen LogP contribution >= 0.6 is 0 Å². The smallest absolute Gasteiger partial charge is 0.224 e. The molecule has 0 atom stereocenters. The van der Waals surface area contributed by atoms with Crippen LogP contribution in [0.15, 0.2) is 54.9 Å². The predicted molar refractivity (Wildman–Crippen MR) is 101 cm³/mol. The van der Waals surface area contributed by atoms with Crippen LogP contribution in [0.1, 0.15) is 24.8 Å². The van der Waals surface area contributed by atoms with Gasteiger partial charge in [0.15, 0.2) is 0 Å². The third-order valence-corrected chi connectivity index (χ3v) is 4.94. The topological polar surface area (TPSA) is 47.4 Å². The lowest BCUT2D eigenvalue weighted by atomic mass is 10.1. The van der Waals surface area contributed by atoms with E-state index in [0.717, 1.165) is 35.2 Å². The molecule has 134 valence electrons. The van der Waals surface area contributed by atoms with Gasteiger partial charge >= 0.3 is 0 Å². The summed E-state index contributed by atoms with van der Waals surface area (Å²) in [4.78, 5) is 19.3. The van der Waals surface area contributed by atoms with Gasteiger partial charge in [-0.1, -0.05) is 30.3 Å². The van der Waals surface area contributed by atoms with Crippen molar-refractivity contribution in [1.82, 2.24) is 14.5 Å². The van der Waals surface area contributed by atoms with Gasteiger partial charge in [0.1, 0.15) is 5.75 Å². The van der Waals surface area contributed by atoms with Crippen molar-refractivity contribution in [1.29, 1.82) is 0 Å². The van der Waals surface area contributed by atoms with Gasteiger partial charge < -0.3 is 14.2 Å². The molecule has 0 bridgehead atoms. The van der Waals surface area contributed by atoms with E-state index in [1.807, 2.05) is 59.8 Å². The number of rotatable bonds is 7. The number of carbonyl (C=O) groups is 1. The number of para-hydroxylation sites is 3. The first-order valence-corrected chi connectivity index (χ1v) is 9.07. The summed E-state index contributed by atoms with van der Waals surface area (Å²) < 4.78 is 7.50. The minimum atomic E-state index is 0.191. The summed E-state index contributed by atoms with van der Waals surface area (Å²) in [6.45, 7) is 1.26. The van der Waals surface area contributed by atoms with Gasteiger partial charge in [-0.15, -0.1) is 0 Å². The van der Waals surface area contributed by atoms with E-state index < -0.39 is 0 Å². The molecule has 0 radical (unpaired) electrons. The average Bonchev–Trinajstić information content (AvgIpc) is 3.44. The standard InChI is InChI=1S/C21H23N3O2/c1-26-20-9-5-2-6-16(20)14-24(17-10-11-17)21(25)12-13-23-15-22-18-7-3-4-8-19(18)23/h2-9,15,17H,10-14H2,1H3. The van der Waals surface area contributed by atoms with Crippen molar-refractivity contribution in [2.24, 2.45) is 0 Å². The SMILES string of the molecule is COc1ccccc1CN(C(=O)CCn1cnc2ccccc21)C1CC1. The van der Waals surface area contributed by atoms with Crippen LogP contribution in [0.5, 0.6) is 5.75 Å². The number of hydrogen-bond acceptors (Lipinski definition) is 3. The van der Waals surface area contributed by atoms with E-state index in [-0.39, 0.29) is 5.91 Å². The van der Waals surface area contributed by atoms with Crippen LogP contribution < -0.4 is 4.74 Å². The lowest BCUT2D eigenvalue weighted by molar-refractivity contribution is -0.132. The fourth-order valence-electron chi connectivity index (χ4n) is 3.37. The van der Waals surface area contributed by atoms with Crippen LogP contribution in [0.4, 0.5) is 0 Å². The van der Waals surface area contributed by atoms with Crippen LogP contribution in [0.2, 0.25) is 0 Å². The van der Waals surface area contributed by atoms with E-state index in [1.165, 1.54) is 0 Å². The Morgan fingerprint density at radius 1 is 1.19 bits per heavy atom. The van der Waals surface area contributed by atoms with E-state index >= 15 is 0 Å². The monoisotopic (exact) mass is 349 g/mol. The summed E-state index contributed by atoms with van der Waals surface area (Å²) in [5.41, 5.74) is 3.10. The molecule has 1 amide bonds. The highest BCUT2D eigenvalue weighted by Gasteiger charge is 2.32. The van der Waals surface area contributed by atoms with Crippen LogP contribution in [-0.2, 0) is 17.9 Å². The van der Waals surface area contributed by atoms with Crippen molar-refractivity contribution in [3.63, 3.8) is 0 Å². The van der Waals surface area contributed by atoms with Crippen molar-refractivity contribution in [2.45, 2.75) is 38.4 Å². The summed E-state index contributed by atoms with van der Waals surface area (Å²) in [7, 11) is 1.67. The van der Waals surface area contributed by atoms with Gasteiger partial charge in [0, 0.05) is 31.1 Å². The molecular formula is C21H23N3O2. The Kier molecular flexibility index (Phi) is 4.61. The molecule has 5 nitrogen and oxygen atoms in total. The maximum Gasteiger partial charge on any atom is 0.224 e. The van der Waals surface area contributed by atoms with E-state index in [0.29, 0.717) is 25.6 Å². The Bertz CT molecular complexity index is 914. The lowest BCUT2D eigenvalue weighted by Gasteiger charge is -2.24. The number of benzene rings is 2. The maximum absolute atomic E-state index is 12.9. The number of carbonyl (C=O) groups excluding carboxylic acids is 1. The van der Waals surface area contributed by atoms with E-state index in [4.69, 9.17) is 4.74 Å². The summed E-state index contributed by atoms with van der Waals surface area (Å²) >= 11 is 0. The van der Waals surface area contributed by atoms with E-state index in [9.17, 15) is 4.79 Å². The summed E-state index contributed by atoms with van der Waals surface area (Å²) in [5, 5.41) is 0. The summed E-state index contributed by atoms with van der Waals surface area (Å²) in [6.07, 6.45) is 4.48. The first-order valence-electron chi connectivity index (χ1n) is 9.07. The zero-order valence-corrected chi connectivity index (χ0v) is 15.0. The molecule has 0 spiro atoms. The molecule has 0 N–H and O–H groups in total. The fourth-order valence-corrected chi connectivity index (χ4v) is 3.37. The normalized spacial score (nSPS) is 13.7. The second-order valence-electron chi connectivity index (χ2n) is 6.74. The molecule has 4 rings (SSSR count). The zero-order valence-electron chi connectivity index (χ0n) is 15.0. The molecule has 0 saturated heterocycles. The number of aromatic nitrogens is 2. The summed E-state index contributed by atoms with van der Waals surface area (Å²) in [6, 6.07) is 16.3. The molecule has 1 fully saturated rings. The minimum Gasteiger partial charge on any atom is -0.496 e. The molecule has 1 aliphatic carbocycles. The molecule has 0 aliphatic heterocycles. The van der Waals surface area contributed by atoms with Gasteiger partial charge in [0.2, 0.25) is 5.91 Å². The van der Waals surface area contributed by atoms with E-state index in [1.54, 1.807) is 7.11 Å². The van der Waals surface area contributed by atoms with E-state index in [2.05, 4.69) is 9.55 Å². The van der Waals surface area contributed by atoms with Gasteiger partial charge in [0.05, 0.1) is 24.5 Å². The van der Waals surface area contributed by atoms with Gasteiger partial charge in [-0.25, -0.2) is 4.98 Å². The first kappa shape index (κ1) is 16.6. The number of hydrogen-bond donors (Lipinski definition) is 0. The van der Waals surface area contributed by atoms with Crippen LogP contribution in [0.25, 0.3) is 11.0 Å². The number of amides is 1. The van der Waals surface area contributed by atoms with Crippen molar-refractivity contribution in [2.75, 3.05) is 7.11 Å². The van der Waals surface area contributed by atoms with Crippen molar-refractivity contribution in [3.05, 3.63) is 60.4 Å². The zero-order chi connectivity index (χ0) is 17.9. The summed E-state index contributed by atoms with van der Waals surface area (Å²) in [5.74, 6) is 1.03. The molecule has 5 heteroatoms. The number of ether oxygens (including phenoxy) is 1. The van der Waals surface area contributed by atoms with Gasteiger partial charge in [0.25, 0.3) is 0 Å². The Balaban J connectivity index is 1.46. The van der Waals surface area contributed by atoms with Crippen LogP contribution in [0.3, 0.4) is 0 Å². The lowest BCUT2D eigenvalue weighted by Crippen LogP contribution is -2.33. The second kappa shape index (κ2) is 7.20. The molecule has 3 aromatic rings. The first-order chi connectivity index (χ1) is 12.8. The fraction of sp³-hybridized carbons (Fsp3) is 0.333. The molecular weight excluding hydrogens is 326 g/mol. The van der Waals surface area contributed by atoms with Crippen molar-refractivity contribution in [3.8, 4) is 5.75 Å². The highest BCUT2D eigenvalue weighted by Crippen LogP contribution is 2.31. The highest BCUT2D eigenvalue weighted by atomic mass is 16.5. The highest BCUT2D eigenvalue weighted by molar-refractivity contribution is 5.78. The number of imidazole rings is 1. The minimum absolute atomic E-state index is 0.191. The number of nitrogens with zero attached hydrogens (tertiary/aromatic N) is 3.